The van der Waals surface area contributed by atoms with E-state index in [1.807, 2.05) is 38.1 Å². The Bertz CT molecular complexity index is 929. The first-order valence-corrected chi connectivity index (χ1v) is 10.2. The van der Waals surface area contributed by atoms with Crippen molar-refractivity contribution in [3.8, 4) is 11.8 Å². The van der Waals surface area contributed by atoms with Gasteiger partial charge in [-0.25, -0.2) is 0 Å². The number of ether oxygens (including phenoxy) is 1. The van der Waals surface area contributed by atoms with Gasteiger partial charge in [-0.3, -0.25) is 4.79 Å². The van der Waals surface area contributed by atoms with Gasteiger partial charge < -0.3 is 10.1 Å². The number of benzene rings is 2. The molecule has 1 N–H and O–H groups in total. The van der Waals surface area contributed by atoms with Crippen molar-refractivity contribution in [3.63, 3.8) is 0 Å². The average Bonchev–Trinajstić information content (AvgIpc) is 2.70. The molecule has 0 heterocycles. The molecule has 1 unspecified atom stereocenters. The SMILES string of the molecule is CC(C)CC(Oc1ccc(C#N)c(C(F)(F)F)c1)C(=O)NCc1ccc(C(C)C)cc1. The van der Waals surface area contributed by atoms with Crippen molar-refractivity contribution in [2.75, 3.05) is 0 Å². The zero-order chi connectivity index (χ0) is 23.2. The van der Waals surface area contributed by atoms with Gasteiger partial charge in [0, 0.05) is 6.54 Å². The molecule has 0 aliphatic carbocycles. The zero-order valence-corrected chi connectivity index (χ0v) is 18.1. The molecule has 0 spiro atoms. The summed E-state index contributed by atoms with van der Waals surface area (Å²) < 4.78 is 45.3. The van der Waals surface area contributed by atoms with E-state index in [4.69, 9.17) is 10.00 Å². The molecule has 0 aliphatic heterocycles. The van der Waals surface area contributed by atoms with Gasteiger partial charge in [-0.15, -0.1) is 0 Å². The lowest BCUT2D eigenvalue weighted by molar-refractivity contribution is -0.137. The highest BCUT2D eigenvalue weighted by atomic mass is 19.4. The van der Waals surface area contributed by atoms with Gasteiger partial charge in [0.15, 0.2) is 6.10 Å². The molecule has 0 fully saturated rings. The standard InChI is InChI=1S/C24H27F3N2O2/c1-15(2)11-22(23(30)29-14-17-5-7-18(8-6-17)16(3)4)31-20-10-9-19(13-28)21(12-20)24(25,26)27/h5-10,12,15-16,22H,11,14H2,1-4H3,(H,29,30). The third kappa shape index (κ3) is 7.02. The molecule has 4 nitrogen and oxygen atoms in total. The van der Waals surface area contributed by atoms with Crippen molar-refractivity contribution < 1.29 is 22.7 Å². The molecular weight excluding hydrogens is 405 g/mol. The number of alkyl halides is 3. The van der Waals surface area contributed by atoms with Crippen LogP contribution < -0.4 is 10.1 Å². The summed E-state index contributed by atoms with van der Waals surface area (Å²) in [6.45, 7) is 8.27. The maximum absolute atomic E-state index is 13.2. The van der Waals surface area contributed by atoms with Crippen LogP contribution in [0.3, 0.4) is 0 Å². The van der Waals surface area contributed by atoms with E-state index in [2.05, 4.69) is 19.2 Å². The van der Waals surface area contributed by atoms with Crippen molar-refractivity contribution in [2.45, 2.75) is 58.9 Å². The number of halogens is 3. The largest absolute Gasteiger partial charge is 0.481 e. The Morgan fingerprint density at radius 3 is 2.26 bits per heavy atom. The fraction of sp³-hybridized carbons (Fsp3) is 0.417. The van der Waals surface area contributed by atoms with Crippen LogP contribution in [-0.2, 0) is 17.5 Å². The first-order valence-electron chi connectivity index (χ1n) is 10.2. The van der Waals surface area contributed by atoms with Crippen LogP contribution in [-0.4, -0.2) is 12.0 Å². The summed E-state index contributed by atoms with van der Waals surface area (Å²) in [5.74, 6) is -0.0176. The van der Waals surface area contributed by atoms with E-state index in [1.54, 1.807) is 0 Å². The molecule has 166 valence electrons. The predicted molar refractivity (Wildman–Crippen MR) is 112 cm³/mol. The molecular formula is C24H27F3N2O2. The van der Waals surface area contributed by atoms with Gasteiger partial charge in [0.2, 0.25) is 0 Å². The first-order chi connectivity index (χ1) is 14.5. The fourth-order valence-electron chi connectivity index (χ4n) is 3.05. The Morgan fingerprint density at radius 1 is 1.10 bits per heavy atom. The van der Waals surface area contributed by atoms with Crippen molar-refractivity contribution >= 4 is 5.91 Å². The van der Waals surface area contributed by atoms with Gasteiger partial charge in [0.25, 0.3) is 5.91 Å². The number of nitriles is 1. The fourth-order valence-corrected chi connectivity index (χ4v) is 3.05. The van der Waals surface area contributed by atoms with Gasteiger partial charge in [0.1, 0.15) is 5.75 Å². The molecule has 7 heteroatoms. The first kappa shape index (κ1) is 24.3. The minimum atomic E-state index is -4.69. The minimum Gasteiger partial charge on any atom is -0.481 e. The van der Waals surface area contributed by atoms with Crippen molar-refractivity contribution in [2.24, 2.45) is 5.92 Å². The van der Waals surface area contributed by atoms with E-state index >= 15 is 0 Å². The van der Waals surface area contributed by atoms with Crippen molar-refractivity contribution in [1.82, 2.24) is 5.32 Å². The number of nitrogens with one attached hydrogen (secondary N) is 1. The lowest BCUT2D eigenvalue weighted by atomic mass is 10.0. The zero-order valence-electron chi connectivity index (χ0n) is 18.1. The second-order valence-electron chi connectivity index (χ2n) is 8.17. The molecule has 0 radical (unpaired) electrons. The van der Waals surface area contributed by atoms with E-state index in [-0.39, 0.29) is 18.2 Å². The Balaban J connectivity index is 2.14. The number of rotatable bonds is 8. The van der Waals surface area contributed by atoms with Crippen LogP contribution >= 0.6 is 0 Å². The van der Waals surface area contributed by atoms with E-state index < -0.39 is 29.3 Å². The summed E-state index contributed by atoms with van der Waals surface area (Å²) in [5, 5.41) is 11.7. The smallest absolute Gasteiger partial charge is 0.417 e. The maximum atomic E-state index is 13.2. The van der Waals surface area contributed by atoms with Crippen molar-refractivity contribution in [3.05, 3.63) is 64.7 Å². The maximum Gasteiger partial charge on any atom is 0.417 e. The van der Waals surface area contributed by atoms with Crippen LogP contribution in [0.5, 0.6) is 5.75 Å². The molecule has 0 aromatic heterocycles. The Morgan fingerprint density at radius 2 is 1.74 bits per heavy atom. The van der Waals surface area contributed by atoms with Gasteiger partial charge in [-0.1, -0.05) is 52.0 Å². The normalized spacial score (nSPS) is 12.5. The number of amides is 1. The predicted octanol–water partition coefficient (Wildman–Crippen LogP) is 5.81. The highest BCUT2D eigenvalue weighted by Gasteiger charge is 2.34. The lowest BCUT2D eigenvalue weighted by Crippen LogP contribution is -2.39. The number of hydrogen-bond acceptors (Lipinski definition) is 3. The van der Waals surface area contributed by atoms with Crippen molar-refractivity contribution in [1.29, 1.82) is 5.26 Å². The Labute approximate surface area is 181 Å². The Kier molecular flexibility index (Phi) is 8.09. The van der Waals surface area contributed by atoms with Gasteiger partial charge in [-0.2, -0.15) is 18.4 Å². The molecule has 0 aliphatic rings. The molecule has 1 atom stereocenters. The summed E-state index contributed by atoms with van der Waals surface area (Å²) >= 11 is 0. The van der Waals surface area contributed by atoms with E-state index in [0.717, 1.165) is 17.7 Å². The van der Waals surface area contributed by atoms with E-state index in [0.29, 0.717) is 12.3 Å². The monoisotopic (exact) mass is 432 g/mol. The van der Waals surface area contributed by atoms with E-state index in [9.17, 15) is 18.0 Å². The lowest BCUT2D eigenvalue weighted by Gasteiger charge is -2.21. The minimum absolute atomic E-state index is 0.0848. The summed E-state index contributed by atoms with van der Waals surface area (Å²) in [6, 6.07) is 12.5. The number of carbonyl (C=O) groups excluding carboxylic acids is 1. The van der Waals surface area contributed by atoms with Crippen LogP contribution in [0.4, 0.5) is 13.2 Å². The quantitative estimate of drug-likeness (QED) is 0.573. The summed E-state index contributed by atoms with van der Waals surface area (Å²) in [4.78, 5) is 12.7. The average molecular weight is 432 g/mol. The highest BCUT2D eigenvalue weighted by Crippen LogP contribution is 2.34. The second-order valence-corrected chi connectivity index (χ2v) is 8.17. The third-order valence-corrected chi connectivity index (χ3v) is 4.79. The summed E-state index contributed by atoms with van der Waals surface area (Å²) in [7, 11) is 0. The van der Waals surface area contributed by atoms with Crippen LogP contribution in [0.2, 0.25) is 0 Å². The molecule has 2 aromatic rings. The van der Waals surface area contributed by atoms with Crippen LogP contribution in [0.25, 0.3) is 0 Å². The summed E-state index contributed by atoms with van der Waals surface area (Å²) in [5.41, 5.74) is 0.534. The molecule has 0 bridgehead atoms. The van der Waals surface area contributed by atoms with Gasteiger partial charge >= 0.3 is 6.18 Å². The van der Waals surface area contributed by atoms with Gasteiger partial charge in [-0.05, 0) is 47.6 Å². The molecule has 0 saturated heterocycles. The van der Waals surface area contributed by atoms with E-state index in [1.165, 1.54) is 17.7 Å². The molecule has 0 saturated carbocycles. The number of hydrogen-bond donors (Lipinski definition) is 1. The Hall–Kier alpha value is -3.01. The number of nitrogens with zero attached hydrogens (tertiary/aromatic N) is 1. The van der Waals surface area contributed by atoms with Crippen LogP contribution in [0.15, 0.2) is 42.5 Å². The molecule has 2 rings (SSSR count). The topological polar surface area (TPSA) is 62.1 Å². The molecule has 31 heavy (non-hydrogen) atoms. The summed E-state index contributed by atoms with van der Waals surface area (Å²) in [6.07, 6.45) is -5.31. The number of carbonyl (C=O) groups is 1. The van der Waals surface area contributed by atoms with Crippen LogP contribution in [0.1, 0.15) is 62.3 Å². The molecule has 1 amide bonds. The highest BCUT2D eigenvalue weighted by molar-refractivity contribution is 5.81. The second kappa shape index (κ2) is 10.3. The third-order valence-electron chi connectivity index (χ3n) is 4.79. The van der Waals surface area contributed by atoms with Crippen LogP contribution in [0, 0.1) is 17.2 Å². The molecule has 2 aromatic carbocycles. The van der Waals surface area contributed by atoms with Gasteiger partial charge in [0.05, 0.1) is 17.2 Å².